The molecule has 0 radical (unpaired) electrons. The summed E-state index contributed by atoms with van der Waals surface area (Å²) < 4.78 is 34.9. The van der Waals surface area contributed by atoms with Gasteiger partial charge in [-0.25, -0.2) is 13.6 Å². The lowest BCUT2D eigenvalue weighted by Gasteiger charge is -2.07. The summed E-state index contributed by atoms with van der Waals surface area (Å²) in [6.07, 6.45) is 0. The highest BCUT2D eigenvalue weighted by Gasteiger charge is 2.10. The molecule has 0 aliphatic carbocycles. The van der Waals surface area contributed by atoms with Gasteiger partial charge in [-0.3, -0.25) is 4.79 Å². The number of anilines is 1. The van der Waals surface area contributed by atoms with Crippen LogP contribution in [0.1, 0.15) is 0 Å². The Morgan fingerprint density at radius 3 is 2.67 bits per heavy atom. The van der Waals surface area contributed by atoms with Gasteiger partial charge >= 0.3 is 5.97 Å². The van der Waals surface area contributed by atoms with Crippen LogP contribution < -0.4 is 5.32 Å². The van der Waals surface area contributed by atoms with Gasteiger partial charge in [-0.05, 0) is 12.1 Å². The van der Waals surface area contributed by atoms with E-state index in [1.54, 1.807) is 0 Å². The highest BCUT2D eigenvalue weighted by molar-refractivity contribution is 5.92. The third kappa shape index (κ3) is 4.46. The molecule has 98 valence electrons. The minimum Gasteiger partial charge on any atom is -0.454 e. The van der Waals surface area contributed by atoms with Gasteiger partial charge < -0.3 is 14.8 Å². The highest BCUT2D eigenvalue weighted by atomic mass is 19.1. The first kappa shape index (κ1) is 14.0. The Labute approximate surface area is 102 Å². The Morgan fingerprint density at radius 2 is 2.00 bits per heavy atom. The predicted molar refractivity (Wildman–Crippen MR) is 57.8 cm³/mol. The second-order valence-corrected chi connectivity index (χ2v) is 3.27. The van der Waals surface area contributed by atoms with E-state index >= 15 is 0 Å². The first-order chi connectivity index (χ1) is 8.52. The Hall–Kier alpha value is -2.02. The van der Waals surface area contributed by atoms with Crippen molar-refractivity contribution < 1.29 is 27.8 Å². The Kier molecular flexibility index (Phi) is 5.19. The van der Waals surface area contributed by atoms with Crippen molar-refractivity contribution in [2.24, 2.45) is 0 Å². The molecule has 0 aliphatic rings. The van der Waals surface area contributed by atoms with Crippen molar-refractivity contribution in [2.45, 2.75) is 0 Å². The fraction of sp³-hybridized carbons (Fsp3) is 0.273. The average molecular weight is 259 g/mol. The normalized spacial score (nSPS) is 9.94. The van der Waals surface area contributed by atoms with Gasteiger partial charge in [0.05, 0.1) is 5.69 Å². The second kappa shape index (κ2) is 6.65. The molecule has 0 atom stereocenters. The van der Waals surface area contributed by atoms with E-state index in [2.05, 4.69) is 14.8 Å². The van der Waals surface area contributed by atoms with Crippen LogP contribution in [-0.2, 0) is 19.1 Å². The van der Waals surface area contributed by atoms with E-state index in [1.807, 2.05) is 0 Å². The predicted octanol–water partition coefficient (Wildman–Crippen LogP) is 1.09. The number of nitrogens with one attached hydrogen (secondary N) is 1. The van der Waals surface area contributed by atoms with Crippen molar-refractivity contribution in [2.75, 3.05) is 25.6 Å². The first-order valence-corrected chi connectivity index (χ1v) is 4.92. The summed E-state index contributed by atoms with van der Waals surface area (Å²) in [5, 5.41) is 2.08. The van der Waals surface area contributed by atoms with Gasteiger partial charge in [0.25, 0.3) is 5.91 Å². The van der Waals surface area contributed by atoms with Crippen LogP contribution in [0.25, 0.3) is 0 Å². The molecule has 0 saturated carbocycles. The standard InChI is InChI=1S/C11H11F2NO4/c1-17-6-11(16)18-5-10(15)14-9-4-7(12)2-3-8(9)13/h2-4H,5-6H2,1H3,(H,14,15). The lowest BCUT2D eigenvalue weighted by atomic mass is 10.3. The Morgan fingerprint density at radius 1 is 1.28 bits per heavy atom. The molecule has 0 spiro atoms. The van der Waals surface area contributed by atoms with Crippen molar-refractivity contribution in [3.63, 3.8) is 0 Å². The number of hydrogen-bond donors (Lipinski definition) is 1. The van der Waals surface area contributed by atoms with Crippen molar-refractivity contribution >= 4 is 17.6 Å². The van der Waals surface area contributed by atoms with Gasteiger partial charge in [-0.1, -0.05) is 0 Å². The van der Waals surface area contributed by atoms with Gasteiger partial charge in [-0.15, -0.1) is 0 Å². The minimum absolute atomic E-state index is 0.290. The van der Waals surface area contributed by atoms with Crippen molar-refractivity contribution in [1.29, 1.82) is 0 Å². The molecule has 0 unspecified atom stereocenters. The lowest BCUT2D eigenvalue weighted by Crippen LogP contribution is -2.23. The number of esters is 1. The van der Waals surface area contributed by atoms with E-state index in [1.165, 1.54) is 7.11 Å². The smallest absolute Gasteiger partial charge is 0.332 e. The maximum absolute atomic E-state index is 13.1. The van der Waals surface area contributed by atoms with Gasteiger partial charge in [-0.2, -0.15) is 0 Å². The summed E-state index contributed by atoms with van der Waals surface area (Å²) in [4.78, 5) is 22.1. The maximum atomic E-state index is 13.1. The second-order valence-electron chi connectivity index (χ2n) is 3.27. The Balaban J connectivity index is 2.49. The van der Waals surface area contributed by atoms with Crippen molar-refractivity contribution in [1.82, 2.24) is 0 Å². The van der Waals surface area contributed by atoms with Crippen LogP contribution in [-0.4, -0.2) is 32.2 Å². The highest BCUT2D eigenvalue weighted by Crippen LogP contribution is 2.14. The lowest BCUT2D eigenvalue weighted by molar-refractivity contribution is -0.150. The molecule has 1 N–H and O–H groups in total. The van der Waals surface area contributed by atoms with Gasteiger partial charge in [0.15, 0.2) is 6.61 Å². The third-order valence-corrected chi connectivity index (χ3v) is 1.83. The summed E-state index contributed by atoms with van der Waals surface area (Å²) in [5.41, 5.74) is -0.317. The maximum Gasteiger partial charge on any atom is 0.332 e. The topological polar surface area (TPSA) is 64.6 Å². The summed E-state index contributed by atoms with van der Waals surface area (Å²) in [6.45, 7) is -0.889. The van der Waals surface area contributed by atoms with E-state index < -0.39 is 30.1 Å². The Bertz CT molecular complexity index is 451. The number of methoxy groups -OCH3 is 1. The fourth-order valence-corrected chi connectivity index (χ4v) is 1.09. The number of benzene rings is 1. The van der Waals surface area contributed by atoms with E-state index in [4.69, 9.17) is 0 Å². The molecule has 5 nitrogen and oxygen atoms in total. The van der Waals surface area contributed by atoms with Gasteiger partial charge in [0.1, 0.15) is 18.2 Å². The third-order valence-electron chi connectivity index (χ3n) is 1.83. The molecule has 1 aromatic rings. The zero-order valence-corrected chi connectivity index (χ0v) is 9.54. The average Bonchev–Trinajstić information content (AvgIpc) is 2.32. The number of rotatable bonds is 5. The number of ether oxygens (including phenoxy) is 2. The number of carbonyl (C=O) groups is 2. The summed E-state index contributed by atoms with van der Waals surface area (Å²) in [6, 6.07) is 2.62. The quantitative estimate of drug-likeness (QED) is 0.804. The molecule has 1 amide bonds. The molecular formula is C11H11F2NO4. The fourth-order valence-electron chi connectivity index (χ4n) is 1.09. The number of amides is 1. The van der Waals surface area contributed by atoms with Crippen LogP contribution in [0.2, 0.25) is 0 Å². The monoisotopic (exact) mass is 259 g/mol. The van der Waals surface area contributed by atoms with Crippen LogP contribution in [0, 0.1) is 11.6 Å². The van der Waals surface area contributed by atoms with E-state index in [0.717, 1.165) is 18.2 Å². The van der Waals surface area contributed by atoms with Gasteiger partial charge in [0, 0.05) is 13.2 Å². The molecule has 1 rings (SSSR count). The molecule has 0 aromatic heterocycles. The molecule has 0 heterocycles. The zero-order valence-electron chi connectivity index (χ0n) is 9.54. The van der Waals surface area contributed by atoms with Crippen molar-refractivity contribution in [3.8, 4) is 0 Å². The molecule has 0 bridgehead atoms. The molecular weight excluding hydrogens is 248 g/mol. The van der Waals surface area contributed by atoms with Crippen LogP contribution in [0.15, 0.2) is 18.2 Å². The van der Waals surface area contributed by atoms with E-state index in [-0.39, 0.29) is 12.3 Å². The number of carbonyl (C=O) groups excluding carboxylic acids is 2. The molecule has 0 fully saturated rings. The van der Waals surface area contributed by atoms with Crippen LogP contribution in [0.3, 0.4) is 0 Å². The minimum atomic E-state index is -0.784. The number of halogens is 2. The summed E-state index contributed by atoms with van der Waals surface area (Å²) in [7, 11) is 1.30. The summed E-state index contributed by atoms with van der Waals surface area (Å²) in [5.74, 6) is -2.98. The van der Waals surface area contributed by atoms with E-state index in [9.17, 15) is 18.4 Å². The van der Waals surface area contributed by atoms with E-state index in [0.29, 0.717) is 0 Å². The zero-order chi connectivity index (χ0) is 13.5. The van der Waals surface area contributed by atoms with Crippen LogP contribution in [0.5, 0.6) is 0 Å². The molecule has 18 heavy (non-hydrogen) atoms. The van der Waals surface area contributed by atoms with Crippen LogP contribution >= 0.6 is 0 Å². The van der Waals surface area contributed by atoms with Crippen molar-refractivity contribution in [3.05, 3.63) is 29.8 Å². The molecule has 0 saturated heterocycles. The van der Waals surface area contributed by atoms with Gasteiger partial charge in [0.2, 0.25) is 0 Å². The largest absolute Gasteiger partial charge is 0.454 e. The SMILES string of the molecule is COCC(=O)OCC(=O)Nc1cc(F)ccc1F. The number of hydrogen-bond acceptors (Lipinski definition) is 4. The first-order valence-electron chi connectivity index (χ1n) is 4.92. The molecule has 1 aromatic carbocycles. The molecule has 0 aliphatic heterocycles. The summed E-state index contributed by atoms with van der Waals surface area (Å²) >= 11 is 0. The molecule has 7 heteroatoms. The van der Waals surface area contributed by atoms with Crippen LogP contribution in [0.4, 0.5) is 14.5 Å².